The van der Waals surface area contributed by atoms with E-state index < -0.39 is 11.8 Å². The summed E-state index contributed by atoms with van der Waals surface area (Å²) in [6.07, 6.45) is 2.52. The predicted octanol–water partition coefficient (Wildman–Crippen LogP) is 5.14. The number of nitrogens with one attached hydrogen (secondary N) is 1. The Kier molecular flexibility index (Phi) is 6.00. The first-order chi connectivity index (χ1) is 15.3. The Morgan fingerprint density at radius 1 is 1.03 bits per heavy atom. The van der Waals surface area contributed by atoms with Gasteiger partial charge in [0.1, 0.15) is 5.57 Å². The van der Waals surface area contributed by atoms with Gasteiger partial charge in [0.15, 0.2) is 5.11 Å². The summed E-state index contributed by atoms with van der Waals surface area (Å²) in [6, 6.07) is 17.1. The van der Waals surface area contributed by atoms with Gasteiger partial charge in [-0.2, -0.15) is 0 Å². The monoisotopic (exact) mass is 463 g/mol. The van der Waals surface area contributed by atoms with Crippen molar-refractivity contribution in [2.24, 2.45) is 0 Å². The van der Waals surface area contributed by atoms with Gasteiger partial charge in [-0.05, 0) is 74.0 Å². The zero-order chi connectivity index (χ0) is 23.0. The van der Waals surface area contributed by atoms with Crippen LogP contribution in [0.15, 0.2) is 60.2 Å². The van der Waals surface area contributed by atoms with Gasteiger partial charge >= 0.3 is 0 Å². The van der Waals surface area contributed by atoms with Crippen molar-refractivity contribution in [2.45, 2.75) is 27.2 Å². The van der Waals surface area contributed by atoms with E-state index in [1.165, 1.54) is 10.5 Å². The fourth-order valence-corrected chi connectivity index (χ4v) is 4.49. The van der Waals surface area contributed by atoms with Gasteiger partial charge in [0.25, 0.3) is 11.8 Å². The highest BCUT2D eigenvalue weighted by Gasteiger charge is 2.35. The van der Waals surface area contributed by atoms with Gasteiger partial charge in [-0.1, -0.05) is 48.9 Å². The van der Waals surface area contributed by atoms with E-state index in [-0.39, 0.29) is 10.7 Å². The summed E-state index contributed by atoms with van der Waals surface area (Å²) in [4.78, 5) is 27.3. The molecular formula is C25H22ClN3O2S. The topological polar surface area (TPSA) is 54.3 Å². The van der Waals surface area contributed by atoms with Crippen LogP contribution < -0.4 is 10.2 Å². The maximum atomic E-state index is 13.3. The Labute approximate surface area is 197 Å². The van der Waals surface area contributed by atoms with Crippen LogP contribution in [0.1, 0.15) is 29.4 Å². The van der Waals surface area contributed by atoms with Crippen molar-refractivity contribution in [2.75, 3.05) is 4.90 Å². The molecule has 2 aromatic carbocycles. The first-order valence-electron chi connectivity index (χ1n) is 10.3. The maximum Gasteiger partial charge on any atom is 0.270 e. The molecule has 1 fully saturated rings. The summed E-state index contributed by atoms with van der Waals surface area (Å²) >= 11 is 11.6. The Morgan fingerprint density at radius 3 is 2.38 bits per heavy atom. The zero-order valence-corrected chi connectivity index (χ0v) is 19.6. The third kappa shape index (κ3) is 3.76. The van der Waals surface area contributed by atoms with Crippen molar-refractivity contribution in [1.29, 1.82) is 0 Å². The van der Waals surface area contributed by atoms with Gasteiger partial charge in [-0.15, -0.1) is 0 Å². The number of thiocarbonyl (C=S) groups is 1. The number of halogens is 1. The largest absolute Gasteiger partial charge is 0.318 e. The molecule has 1 aliphatic heterocycles. The van der Waals surface area contributed by atoms with Crippen LogP contribution in [0.4, 0.5) is 5.69 Å². The highest BCUT2D eigenvalue weighted by atomic mass is 35.5. The lowest BCUT2D eigenvalue weighted by atomic mass is 10.1. The third-order valence-electron chi connectivity index (χ3n) is 5.58. The predicted molar refractivity (Wildman–Crippen MR) is 132 cm³/mol. The lowest BCUT2D eigenvalue weighted by molar-refractivity contribution is -0.122. The van der Waals surface area contributed by atoms with Crippen LogP contribution in [-0.4, -0.2) is 21.5 Å². The van der Waals surface area contributed by atoms with Gasteiger partial charge < -0.3 is 4.57 Å². The van der Waals surface area contributed by atoms with Crippen LogP contribution in [0.5, 0.6) is 0 Å². The van der Waals surface area contributed by atoms with Crippen molar-refractivity contribution in [1.82, 2.24) is 9.88 Å². The molecular weight excluding hydrogens is 442 g/mol. The molecule has 0 radical (unpaired) electrons. The summed E-state index contributed by atoms with van der Waals surface area (Å²) in [5.74, 6) is -1.03. The summed E-state index contributed by atoms with van der Waals surface area (Å²) in [5, 5.41) is 2.99. The van der Waals surface area contributed by atoms with E-state index in [1.807, 2.05) is 32.0 Å². The van der Waals surface area contributed by atoms with Crippen LogP contribution >= 0.6 is 23.8 Å². The third-order valence-corrected chi connectivity index (χ3v) is 6.18. The van der Waals surface area contributed by atoms with E-state index in [4.69, 9.17) is 23.8 Å². The fourth-order valence-electron chi connectivity index (χ4n) is 4.00. The first-order valence-corrected chi connectivity index (χ1v) is 11.0. The fraction of sp³-hybridized carbons (Fsp3) is 0.160. The second kappa shape index (κ2) is 8.73. The van der Waals surface area contributed by atoms with Crippen molar-refractivity contribution >= 4 is 52.5 Å². The number of carbonyl (C=O) groups excluding carboxylic acids is 2. The maximum absolute atomic E-state index is 13.3. The molecule has 1 saturated heterocycles. The van der Waals surface area contributed by atoms with E-state index in [0.29, 0.717) is 10.7 Å². The van der Waals surface area contributed by atoms with Crippen LogP contribution in [0, 0.1) is 13.8 Å². The second-order valence-corrected chi connectivity index (χ2v) is 8.35. The molecule has 0 saturated carbocycles. The molecule has 1 aromatic heterocycles. The lowest BCUT2D eigenvalue weighted by Gasteiger charge is -2.29. The van der Waals surface area contributed by atoms with Crippen LogP contribution in [0.3, 0.4) is 0 Å². The van der Waals surface area contributed by atoms with E-state index in [9.17, 15) is 9.59 Å². The first kappa shape index (κ1) is 22.0. The molecule has 2 amide bonds. The van der Waals surface area contributed by atoms with Gasteiger partial charge in [-0.25, -0.2) is 0 Å². The van der Waals surface area contributed by atoms with Crippen molar-refractivity contribution in [3.05, 3.63) is 87.7 Å². The normalized spacial score (nSPS) is 15.4. The minimum Gasteiger partial charge on any atom is -0.318 e. The number of rotatable bonds is 4. The molecule has 1 aliphatic rings. The second-order valence-electron chi connectivity index (χ2n) is 7.55. The zero-order valence-electron chi connectivity index (χ0n) is 18.0. The van der Waals surface area contributed by atoms with E-state index in [1.54, 1.807) is 30.3 Å². The highest BCUT2D eigenvalue weighted by molar-refractivity contribution is 7.80. The summed E-state index contributed by atoms with van der Waals surface area (Å²) < 4.78 is 2.15. The Morgan fingerprint density at radius 2 is 1.69 bits per heavy atom. The van der Waals surface area contributed by atoms with Gasteiger partial charge in [0.05, 0.1) is 10.7 Å². The molecule has 0 bridgehead atoms. The molecule has 0 unspecified atom stereocenters. The molecule has 0 atom stereocenters. The van der Waals surface area contributed by atoms with Crippen molar-refractivity contribution < 1.29 is 9.59 Å². The van der Waals surface area contributed by atoms with Crippen LogP contribution in [0.25, 0.3) is 11.8 Å². The Balaban J connectivity index is 1.80. The minimum absolute atomic E-state index is 0.00236. The summed E-state index contributed by atoms with van der Waals surface area (Å²) in [5.41, 5.74) is 5.48. The number of anilines is 1. The average molecular weight is 464 g/mol. The average Bonchev–Trinajstić information content (AvgIpc) is 3.05. The minimum atomic E-state index is -0.526. The Bertz CT molecular complexity index is 1290. The standard InChI is InChI=1S/C25H22ClN3O2S/c1-4-17-9-5-7-11-21(17)28-15(2)13-18(16(28)3)14-19-23(30)27-25(32)29(24(19)31)22-12-8-6-10-20(22)26/h5-14H,4H2,1-3H3,(H,27,30,32)/b19-14+. The molecule has 0 aliphatic carbocycles. The smallest absolute Gasteiger partial charge is 0.270 e. The molecule has 5 nitrogen and oxygen atoms in total. The number of hydrogen-bond donors (Lipinski definition) is 1. The van der Waals surface area contributed by atoms with Gasteiger partial charge in [0.2, 0.25) is 0 Å². The number of aryl methyl sites for hydroxylation is 2. The van der Waals surface area contributed by atoms with Crippen LogP contribution in [-0.2, 0) is 16.0 Å². The number of carbonyl (C=O) groups is 2. The quantitative estimate of drug-likeness (QED) is 0.331. The summed E-state index contributed by atoms with van der Waals surface area (Å²) in [6.45, 7) is 6.11. The van der Waals surface area contributed by atoms with Gasteiger partial charge in [-0.3, -0.25) is 19.8 Å². The molecule has 7 heteroatoms. The Hall–Kier alpha value is -3.22. The molecule has 4 rings (SSSR count). The molecule has 1 N–H and O–H groups in total. The molecule has 32 heavy (non-hydrogen) atoms. The highest BCUT2D eigenvalue weighted by Crippen LogP contribution is 2.30. The van der Waals surface area contributed by atoms with E-state index in [0.717, 1.165) is 29.1 Å². The van der Waals surface area contributed by atoms with Crippen molar-refractivity contribution in [3.8, 4) is 5.69 Å². The molecule has 0 spiro atoms. The number of amides is 2. The number of nitrogens with zero attached hydrogens (tertiary/aromatic N) is 2. The molecule has 2 heterocycles. The van der Waals surface area contributed by atoms with E-state index in [2.05, 4.69) is 28.9 Å². The SMILES string of the molecule is CCc1ccccc1-n1c(C)cc(/C=C2\C(=O)NC(=S)N(c3ccccc3Cl)C2=O)c1C. The summed E-state index contributed by atoms with van der Waals surface area (Å²) in [7, 11) is 0. The number of aromatic nitrogens is 1. The van der Waals surface area contributed by atoms with E-state index >= 15 is 0 Å². The van der Waals surface area contributed by atoms with Crippen molar-refractivity contribution in [3.63, 3.8) is 0 Å². The van der Waals surface area contributed by atoms with Crippen LogP contribution in [0.2, 0.25) is 5.02 Å². The molecule has 162 valence electrons. The number of para-hydroxylation sites is 2. The van der Waals surface area contributed by atoms with Gasteiger partial charge in [0, 0.05) is 17.1 Å². The lowest BCUT2D eigenvalue weighted by Crippen LogP contribution is -2.54. The molecule has 3 aromatic rings. The number of hydrogen-bond acceptors (Lipinski definition) is 3. The number of benzene rings is 2.